The van der Waals surface area contributed by atoms with Crippen molar-refractivity contribution >= 4 is 27.9 Å². The van der Waals surface area contributed by atoms with E-state index in [4.69, 9.17) is 5.73 Å². The van der Waals surface area contributed by atoms with Crippen molar-refractivity contribution in [3.63, 3.8) is 0 Å². The molecule has 0 unspecified atom stereocenters. The molecule has 0 aliphatic heterocycles. The maximum absolute atomic E-state index is 12.3. The molecule has 1 aliphatic rings. The van der Waals surface area contributed by atoms with Crippen molar-refractivity contribution in [3.05, 3.63) is 23.1 Å². The van der Waals surface area contributed by atoms with Gasteiger partial charge in [0.05, 0.1) is 10.7 Å². The lowest BCUT2D eigenvalue weighted by Crippen LogP contribution is -2.23. The number of nitrogens with two attached hydrogens (primary N) is 1. The molecule has 0 aromatic carbocycles. The average molecular weight is 319 g/mol. The number of thiophene rings is 1. The van der Waals surface area contributed by atoms with Crippen molar-refractivity contribution < 1.29 is 18.0 Å². The molecule has 1 saturated carbocycles. The first-order valence-electron chi connectivity index (χ1n) is 6.45. The van der Waals surface area contributed by atoms with E-state index in [1.807, 2.05) is 0 Å². The number of rotatable bonds is 6. The van der Waals surface area contributed by atoms with Gasteiger partial charge in [0.1, 0.15) is 11.4 Å². The summed E-state index contributed by atoms with van der Waals surface area (Å²) in [5.74, 6) is -0.239. The van der Waals surface area contributed by atoms with E-state index in [0.717, 1.165) is 24.2 Å². The number of alkyl halides is 3. The van der Waals surface area contributed by atoms with Gasteiger partial charge in [-0.1, -0.05) is 6.08 Å². The lowest BCUT2D eigenvalue weighted by atomic mass is 10.1. The average Bonchev–Trinajstić information content (AvgIpc) is 3.17. The van der Waals surface area contributed by atoms with Crippen molar-refractivity contribution in [2.45, 2.75) is 24.9 Å². The largest absolute Gasteiger partial charge is 0.405 e. The molecule has 0 spiro atoms. The fourth-order valence-corrected chi connectivity index (χ4v) is 3.08. The van der Waals surface area contributed by atoms with Crippen molar-refractivity contribution in [1.29, 1.82) is 0 Å². The maximum atomic E-state index is 12.3. The molecule has 1 fully saturated rings. The number of carbonyl (C=O) groups is 1. The van der Waals surface area contributed by atoms with Crippen LogP contribution in [-0.2, 0) is 0 Å². The van der Waals surface area contributed by atoms with E-state index in [1.54, 1.807) is 0 Å². The Morgan fingerprint density at radius 3 is 2.67 bits per heavy atom. The van der Waals surface area contributed by atoms with Gasteiger partial charge in [-0.25, -0.2) is 0 Å². The van der Waals surface area contributed by atoms with Crippen LogP contribution in [0.4, 0.5) is 23.9 Å². The summed E-state index contributed by atoms with van der Waals surface area (Å²) in [5.41, 5.74) is 6.89. The summed E-state index contributed by atoms with van der Waals surface area (Å²) in [6, 6.07) is 0. The van der Waals surface area contributed by atoms with Crippen molar-refractivity contribution in [2.75, 3.05) is 24.1 Å². The highest BCUT2D eigenvalue weighted by Crippen LogP contribution is 2.50. The third kappa shape index (κ3) is 3.90. The summed E-state index contributed by atoms with van der Waals surface area (Å²) < 4.78 is 37.0. The standard InChI is InChI=1S/C13H16F3N3OS/c1-2-5-18-11(20)10-9(17)8(7-3-4-7)12(21-10)19-6-13(14,15)16/h2,7,19H,1,3-6,17H2,(H,18,20). The van der Waals surface area contributed by atoms with E-state index in [9.17, 15) is 18.0 Å². The monoisotopic (exact) mass is 319 g/mol. The van der Waals surface area contributed by atoms with Gasteiger partial charge in [0.2, 0.25) is 0 Å². The molecule has 1 amide bonds. The molecule has 1 aromatic rings. The van der Waals surface area contributed by atoms with Crippen LogP contribution < -0.4 is 16.4 Å². The Bertz CT molecular complexity index is 550. The van der Waals surface area contributed by atoms with E-state index in [2.05, 4.69) is 17.2 Å². The van der Waals surface area contributed by atoms with Crippen molar-refractivity contribution in [2.24, 2.45) is 0 Å². The van der Waals surface area contributed by atoms with E-state index in [0.29, 0.717) is 10.6 Å². The van der Waals surface area contributed by atoms with E-state index < -0.39 is 12.7 Å². The predicted molar refractivity (Wildman–Crippen MR) is 77.8 cm³/mol. The number of carbonyl (C=O) groups excluding carboxylic acids is 1. The SMILES string of the molecule is C=CCNC(=O)c1sc(NCC(F)(F)F)c(C2CC2)c1N. The number of halogens is 3. The minimum atomic E-state index is -4.31. The van der Waals surface area contributed by atoms with Crippen LogP contribution in [0.2, 0.25) is 0 Å². The molecule has 116 valence electrons. The zero-order valence-corrected chi connectivity index (χ0v) is 12.0. The second-order valence-corrected chi connectivity index (χ2v) is 5.85. The number of amides is 1. The number of nitrogens with one attached hydrogen (secondary N) is 2. The van der Waals surface area contributed by atoms with Gasteiger partial charge in [0.15, 0.2) is 0 Å². The van der Waals surface area contributed by atoms with Gasteiger partial charge in [0, 0.05) is 12.1 Å². The Hall–Kier alpha value is -1.70. The Kier molecular flexibility index (Phi) is 4.46. The van der Waals surface area contributed by atoms with Gasteiger partial charge in [-0.05, 0) is 18.8 Å². The van der Waals surface area contributed by atoms with Crippen LogP contribution in [0.1, 0.15) is 34.0 Å². The fourth-order valence-electron chi connectivity index (χ4n) is 1.96. The summed E-state index contributed by atoms with van der Waals surface area (Å²) in [7, 11) is 0. The predicted octanol–water partition coefficient (Wildman–Crippen LogP) is 3.10. The molecule has 0 saturated heterocycles. The minimum absolute atomic E-state index is 0.151. The van der Waals surface area contributed by atoms with Crippen LogP contribution in [0.3, 0.4) is 0 Å². The number of anilines is 2. The van der Waals surface area contributed by atoms with E-state index in [-0.39, 0.29) is 28.9 Å². The quantitative estimate of drug-likeness (QED) is 0.706. The normalized spacial score (nSPS) is 14.8. The molecule has 4 N–H and O–H groups in total. The smallest absolute Gasteiger partial charge is 0.397 e. The second kappa shape index (κ2) is 5.97. The molecular formula is C13H16F3N3OS. The Labute approximate surface area is 124 Å². The zero-order chi connectivity index (χ0) is 15.6. The molecule has 1 aromatic heterocycles. The number of hydrogen-bond donors (Lipinski definition) is 3. The van der Waals surface area contributed by atoms with Gasteiger partial charge >= 0.3 is 6.18 Å². The highest BCUT2D eigenvalue weighted by Gasteiger charge is 2.34. The Balaban J connectivity index is 2.23. The van der Waals surface area contributed by atoms with Crippen LogP contribution in [0.5, 0.6) is 0 Å². The number of hydrogen-bond acceptors (Lipinski definition) is 4. The lowest BCUT2D eigenvalue weighted by molar-refractivity contribution is -0.115. The molecule has 0 radical (unpaired) electrons. The van der Waals surface area contributed by atoms with Crippen molar-refractivity contribution in [3.8, 4) is 0 Å². The van der Waals surface area contributed by atoms with E-state index >= 15 is 0 Å². The second-order valence-electron chi connectivity index (χ2n) is 4.83. The van der Waals surface area contributed by atoms with Crippen molar-refractivity contribution in [1.82, 2.24) is 5.32 Å². The molecule has 4 nitrogen and oxygen atoms in total. The topological polar surface area (TPSA) is 67.2 Å². The molecule has 21 heavy (non-hydrogen) atoms. The molecule has 1 heterocycles. The minimum Gasteiger partial charge on any atom is -0.397 e. The van der Waals surface area contributed by atoms with Crippen LogP contribution in [0.15, 0.2) is 12.7 Å². The highest BCUT2D eigenvalue weighted by atomic mass is 32.1. The highest BCUT2D eigenvalue weighted by molar-refractivity contribution is 7.18. The third-order valence-electron chi connectivity index (χ3n) is 3.03. The van der Waals surface area contributed by atoms with Crippen LogP contribution in [-0.4, -0.2) is 25.2 Å². The van der Waals surface area contributed by atoms with Gasteiger partial charge in [-0.3, -0.25) is 4.79 Å². The molecule has 0 atom stereocenters. The summed E-state index contributed by atoms with van der Waals surface area (Å²) in [6.45, 7) is 2.63. The van der Waals surface area contributed by atoms with Gasteiger partial charge in [-0.2, -0.15) is 13.2 Å². The summed E-state index contributed by atoms with van der Waals surface area (Å²) in [6.07, 6.45) is -1.03. The first-order chi connectivity index (χ1) is 9.83. The summed E-state index contributed by atoms with van der Waals surface area (Å²) in [4.78, 5) is 12.2. The summed E-state index contributed by atoms with van der Waals surface area (Å²) in [5, 5.41) is 5.29. The lowest BCUT2D eigenvalue weighted by Gasteiger charge is -2.09. The van der Waals surface area contributed by atoms with Crippen LogP contribution >= 0.6 is 11.3 Å². The van der Waals surface area contributed by atoms with Gasteiger partial charge < -0.3 is 16.4 Å². The van der Waals surface area contributed by atoms with E-state index in [1.165, 1.54) is 6.08 Å². The van der Waals surface area contributed by atoms with Gasteiger partial charge in [-0.15, -0.1) is 17.9 Å². The van der Waals surface area contributed by atoms with Gasteiger partial charge in [0.25, 0.3) is 5.91 Å². The van der Waals surface area contributed by atoms with Crippen LogP contribution in [0.25, 0.3) is 0 Å². The zero-order valence-electron chi connectivity index (χ0n) is 11.2. The first kappa shape index (κ1) is 15.7. The third-order valence-corrected chi connectivity index (χ3v) is 4.21. The van der Waals surface area contributed by atoms with Crippen LogP contribution in [0, 0.1) is 0 Å². The maximum Gasteiger partial charge on any atom is 0.405 e. The molecular weight excluding hydrogens is 303 g/mol. The first-order valence-corrected chi connectivity index (χ1v) is 7.27. The summed E-state index contributed by atoms with van der Waals surface area (Å²) >= 11 is 0.971. The molecule has 8 heteroatoms. The Morgan fingerprint density at radius 1 is 1.48 bits per heavy atom. The molecule has 2 rings (SSSR count). The number of nitrogen functional groups attached to an aromatic ring is 1. The fraction of sp³-hybridized carbons (Fsp3) is 0.462. The molecule has 1 aliphatic carbocycles. The Morgan fingerprint density at radius 2 is 2.14 bits per heavy atom. The molecule has 0 bridgehead atoms.